The molecule has 0 N–H and O–H groups in total. The third kappa shape index (κ3) is 4.18. The molecule has 0 aliphatic carbocycles. The van der Waals surface area contributed by atoms with Crippen molar-refractivity contribution in [3.05, 3.63) is 71.3 Å². The van der Waals surface area contributed by atoms with Crippen LogP contribution in [0.1, 0.15) is 27.4 Å². The van der Waals surface area contributed by atoms with Gasteiger partial charge in [0.25, 0.3) is 5.91 Å². The first-order valence-electron chi connectivity index (χ1n) is 11.0. The van der Waals surface area contributed by atoms with E-state index >= 15 is 0 Å². The van der Waals surface area contributed by atoms with E-state index in [9.17, 15) is 4.79 Å². The van der Waals surface area contributed by atoms with E-state index in [0.717, 1.165) is 36.7 Å². The van der Waals surface area contributed by atoms with Crippen molar-refractivity contribution < 1.29 is 13.9 Å². The smallest absolute Gasteiger partial charge is 0.289 e. The Labute approximate surface area is 187 Å². The molecule has 1 fully saturated rings. The van der Waals surface area contributed by atoms with Gasteiger partial charge in [-0.05, 0) is 17.7 Å². The molecule has 0 bridgehead atoms. The minimum atomic E-state index is -0.0983. The lowest BCUT2D eigenvalue weighted by Crippen LogP contribution is -2.41. The molecule has 1 amide bonds. The summed E-state index contributed by atoms with van der Waals surface area (Å²) in [7, 11) is 2.02. The Bertz CT molecular complexity index is 1060. The zero-order valence-electron chi connectivity index (χ0n) is 18.2. The Kier molecular flexibility index (Phi) is 5.77. The van der Waals surface area contributed by atoms with Crippen LogP contribution in [0.2, 0.25) is 0 Å². The van der Waals surface area contributed by atoms with Gasteiger partial charge in [0.2, 0.25) is 5.95 Å². The highest BCUT2D eigenvalue weighted by atomic mass is 16.5. The van der Waals surface area contributed by atoms with Crippen molar-refractivity contribution in [2.45, 2.75) is 19.5 Å². The molecule has 5 rings (SSSR count). The van der Waals surface area contributed by atoms with Gasteiger partial charge in [0, 0.05) is 45.2 Å². The summed E-state index contributed by atoms with van der Waals surface area (Å²) in [5, 5.41) is 0. The fourth-order valence-electron chi connectivity index (χ4n) is 4.25. The number of hydrogen-bond acceptors (Lipinski definition) is 7. The van der Waals surface area contributed by atoms with Gasteiger partial charge in [0.15, 0.2) is 5.76 Å². The lowest BCUT2D eigenvalue weighted by molar-refractivity contribution is 0.0700. The van der Waals surface area contributed by atoms with E-state index in [1.165, 1.54) is 11.8 Å². The number of furan rings is 1. The third-order valence-electron chi connectivity index (χ3n) is 5.96. The average molecular weight is 434 g/mol. The quantitative estimate of drug-likeness (QED) is 0.612. The van der Waals surface area contributed by atoms with Gasteiger partial charge in [-0.3, -0.25) is 4.79 Å². The van der Waals surface area contributed by atoms with Crippen LogP contribution >= 0.6 is 0 Å². The fourth-order valence-corrected chi connectivity index (χ4v) is 4.25. The molecule has 2 aliphatic rings. The monoisotopic (exact) mass is 433 g/mol. The molecule has 2 aliphatic heterocycles. The summed E-state index contributed by atoms with van der Waals surface area (Å²) in [6.07, 6.45) is 2.22. The number of benzene rings is 1. The lowest BCUT2D eigenvalue weighted by atomic mass is 10.0. The van der Waals surface area contributed by atoms with Crippen molar-refractivity contribution >= 4 is 17.7 Å². The number of anilines is 2. The van der Waals surface area contributed by atoms with Crippen LogP contribution in [0.5, 0.6) is 0 Å². The zero-order chi connectivity index (χ0) is 21.9. The van der Waals surface area contributed by atoms with Crippen molar-refractivity contribution in [2.75, 3.05) is 49.7 Å². The van der Waals surface area contributed by atoms with Gasteiger partial charge in [-0.2, -0.15) is 4.98 Å². The summed E-state index contributed by atoms with van der Waals surface area (Å²) in [6, 6.07) is 13.8. The number of nitrogens with zero attached hydrogens (tertiary/aromatic N) is 5. The normalized spacial score (nSPS) is 16.0. The highest BCUT2D eigenvalue weighted by Crippen LogP contribution is 2.30. The number of morpholine rings is 1. The first kappa shape index (κ1) is 20.5. The van der Waals surface area contributed by atoms with Crippen LogP contribution in [0.4, 0.5) is 11.8 Å². The molecular formula is C24H27N5O3. The van der Waals surface area contributed by atoms with Crippen molar-refractivity contribution in [1.82, 2.24) is 14.9 Å². The molecular weight excluding hydrogens is 406 g/mol. The maximum absolute atomic E-state index is 12.9. The summed E-state index contributed by atoms with van der Waals surface area (Å²) in [5.41, 5.74) is 3.24. The summed E-state index contributed by atoms with van der Waals surface area (Å²) >= 11 is 0. The second-order valence-corrected chi connectivity index (χ2v) is 8.17. The number of ether oxygens (including phenoxy) is 1. The van der Waals surface area contributed by atoms with Crippen molar-refractivity contribution in [3.8, 4) is 0 Å². The van der Waals surface area contributed by atoms with E-state index in [2.05, 4.69) is 21.9 Å². The number of aromatic nitrogens is 2. The van der Waals surface area contributed by atoms with Crippen molar-refractivity contribution in [1.29, 1.82) is 0 Å². The van der Waals surface area contributed by atoms with E-state index in [-0.39, 0.29) is 5.91 Å². The Morgan fingerprint density at radius 1 is 1.06 bits per heavy atom. The third-order valence-corrected chi connectivity index (χ3v) is 5.96. The topological polar surface area (TPSA) is 74.9 Å². The van der Waals surface area contributed by atoms with Crippen molar-refractivity contribution in [2.24, 2.45) is 0 Å². The zero-order valence-corrected chi connectivity index (χ0v) is 18.2. The van der Waals surface area contributed by atoms with Crippen LogP contribution in [-0.2, 0) is 24.2 Å². The highest BCUT2D eigenvalue weighted by molar-refractivity contribution is 5.91. The maximum Gasteiger partial charge on any atom is 0.289 e. The number of carbonyl (C=O) groups excluding carboxylic acids is 1. The van der Waals surface area contributed by atoms with Crippen LogP contribution in [0.15, 0.2) is 53.1 Å². The molecule has 8 heteroatoms. The van der Waals surface area contributed by atoms with E-state index < -0.39 is 0 Å². The fraction of sp³-hybridized carbons (Fsp3) is 0.375. The number of hydrogen-bond donors (Lipinski definition) is 0. The molecule has 1 aromatic carbocycles. The van der Waals surface area contributed by atoms with Gasteiger partial charge >= 0.3 is 0 Å². The van der Waals surface area contributed by atoms with Gasteiger partial charge in [-0.25, -0.2) is 4.98 Å². The molecule has 2 aromatic heterocycles. The number of fused-ring (bicyclic) bond motifs is 1. The summed E-state index contributed by atoms with van der Waals surface area (Å²) in [5.74, 6) is 1.88. The molecule has 0 atom stereocenters. The van der Waals surface area contributed by atoms with Crippen LogP contribution in [0, 0.1) is 0 Å². The predicted molar refractivity (Wildman–Crippen MR) is 121 cm³/mol. The highest BCUT2D eigenvalue weighted by Gasteiger charge is 2.30. The van der Waals surface area contributed by atoms with Gasteiger partial charge in [-0.1, -0.05) is 30.3 Å². The molecule has 166 valence electrons. The molecule has 4 heterocycles. The Morgan fingerprint density at radius 3 is 2.62 bits per heavy atom. The van der Waals surface area contributed by atoms with Crippen LogP contribution < -0.4 is 9.80 Å². The predicted octanol–water partition coefficient (Wildman–Crippen LogP) is 2.74. The van der Waals surface area contributed by atoms with E-state index in [0.29, 0.717) is 44.4 Å². The summed E-state index contributed by atoms with van der Waals surface area (Å²) in [6.45, 7) is 4.70. The Balaban J connectivity index is 1.46. The van der Waals surface area contributed by atoms with Crippen LogP contribution in [0.25, 0.3) is 0 Å². The SMILES string of the molecule is CN(Cc1ccccc1)c1nc2c(c(N3CCOCC3)n1)CN(C(=O)c1ccco1)CC2. The molecule has 0 saturated carbocycles. The second-order valence-electron chi connectivity index (χ2n) is 8.17. The Hall–Kier alpha value is -3.39. The average Bonchev–Trinajstić information content (AvgIpc) is 3.39. The largest absolute Gasteiger partial charge is 0.459 e. The van der Waals surface area contributed by atoms with E-state index in [4.69, 9.17) is 19.1 Å². The summed E-state index contributed by atoms with van der Waals surface area (Å²) < 4.78 is 10.9. The minimum Gasteiger partial charge on any atom is -0.459 e. The van der Waals surface area contributed by atoms with Crippen LogP contribution in [0.3, 0.4) is 0 Å². The van der Waals surface area contributed by atoms with Gasteiger partial charge < -0.3 is 23.9 Å². The molecule has 0 spiro atoms. The number of amides is 1. The van der Waals surface area contributed by atoms with Gasteiger partial charge in [0.1, 0.15) is 5.82 Å². The Morgan fingerprint density at radius 2 is 1.88 bits per heavy atom. The molecule has 8 nitrogen and oxygen atoms in total. The first-order valence-corrected chi connectivity index (χ1v) is 11.0. The molecule has 32 heavy (non-hydrogen) atoms. The lowest BCUT2D eigenvalue weighted by Gasteiger charge is -2.35. The summed E-state index contributed by atoms with van der Waals surface area (Å²) in [4.78, 5) is 28.9. The molecule has 1 saturated heterocycles. The standard InChI is InChI=1S/C24H27N5O3/c1-27(16-18-6-3-2-4-7-18)24-25-20-9-10-29(23(30)21-8-5-13-32-21)17-19(20)22(26-24)28-11-14-31-15-12-28/h2-8,13H,9-12,14-17H2,1H3. The maximum atomic E-state index is 12.9. The van der Waals surface area contributed by atoms with Gasteiger partial charge in [0.05, 0.1) is 31.7 Å². The second kappa shape index (κ2) is 9.00. The molecule has 0 radical (unpaired) electrons. The molecule has 0 unspecified atom stereocenters. The minimum absolute atomic E-state index is 0.0983. The number of rotatable bonds is 5. The number of carbonyl (C=O) groups is 1. The molecule has 3 aromatic rings. The van der Waals surface area contributed by atoms with E-state index in [1.54, 1.807) is 12.1 Å². The first-order chi connectivity index (χ1) is 15.7. The van der Waals surface area contributed by atoms with Gasteiger partial charge in [-0.15, -0.1) is 0 Å². The van der Waals surface area contributed by atoms with E-state index in [1.807, 2.05) is 30.1 Å². The van der Waals surface area contributed by atoms with Crippen molar-refractivity contribution in [3.63, 3.8) is 0 Å². The van der Waals surface area contributed by atoms with Crippen LogP contribution in [-0.4, -0.2) is 60.7 Å².